The van der Waals surface area contributed by atoms with Crippen LogP contribution in [0, 0.1) is 5.41 Å². The molecule has 2 heterocycles. The quantitative estimate of drug-likeness (QED) is 0.0338. The van der Waals surface area contributed by atoms with E-state index in [9.17, 15) is 33.9 Å². The van der Waals surface area contributed by atoms with Crippen molar-refractivity contribution < 1.29 is 24.3 Å². The number of allylic oxidation sites excluding steroid dienone is 4. The summed E-state index contributed by atoms with van der Waals surface area (Å²) >= 11 is 0. The summed E-state index contributed by atoms with van der Waals surface area (Å²) in [5.74, 6) is -2.17. The van der Waals surface area contributed by atoms with Crippen molar-refractivity contribution in [1.29, 1.82) is 5.41 Å². The second kappa shape index (κ2) is 15.8. The van der Waals surface area contributed by atoms with Crippen molar-refractivity contribution in [3.05, 3.63) is 177 Å². The first-order valence-corrected chi connectivity index (χ1v) is 16.9. The molecule has 0 radical (unpaired) electrons. The predicted molar refractivity (Wildman–Crippen MR) is 204 cm³/mol. The third kappa shape index (κ3) is 8.22. The number of anilines is 2. The van der Waals surface area contributed by atoms with E-state index in [-0.39, 0.29) is 28.4 Å². The van der Waals surface area contributed by atoms with Gasteiger partial charge in [-0.15, -0.1) is 0 Å². The molecule has 1 aromatic heterocycles. The number of aliphatic hydroxyl groups is 1. The molecule has 5 N–H and O–H groups in total. The largest absolute Gasteiger partial charge is 0.494 e. The highest BCUT2D eigenvalue weighted by Crippen LogP contribution is 2.24. The number of rotatable bonds is 10. The number of carbonyl (C=O) groups excluding carboxylic acids is 4. The molecule has 0 saturated carbocycles. The highest BCUT2D eigenvalue weighted by molar-refractivity contribution is 7.64. The fourth-order valence-electron chi connectivity index (χ4n) is 5.36. The van der Waals surface area contributed by atoms with Crippen LogP contribution >= 0.6 is 8.58 Å². The number of aromatic amines is 1. The van der Waals surface area contributed by atoms with Crippen LogP contribution in [0.1, 0.15) is 21.5 Å². The Labute approximate surface area is 302 Å². The van der Waals surface area contributed by atoms with E-state index in [1.54, 1.807) is 97.1 Å². The van der Waals surface area contributed by atoms with Crippen molar-refractivity contribution in [2.45, 2.75) is 0 Å². The Morgan fingerprint density at radius 1 is 0.811 bits per heavy atom. The molecule has 4 aromatic carbocycles. The van der Waals surface area contributed by atoms with Gasteiger partial charge in [0.2, 0.25) is 5.64 Å². The standard InChI is InChI=1S/C39H29N6O7P/c40-37(50)53-31-16-8-15-30(22-31)45-36(49)32(34(47)43-39(45)52)20-19-25(24-9-3-1-4-10-24)17-18-27-23-41-38(51)44(35(27)48)29-14-7-13-28(21-29)42-33(46)26-11-5-2-6-12-26/h1-23,53H,(H2,40,50)(H,41,51)(H,42,46)(H,43,47,52). The van der Waals surface area contributed by atoms with Crippen molar-refractivity contribution >= 4 is 66.3 Å². The zero-order valence-corrected chi connectivity index (χ0v) is 28.6. The molecule has 14 heteroatoms. The summed E-state index contributed by atoms with van der Waals surface area (Å²) in [4.78, 5) is 81.9. The maximum absolute atomic E-state index is 13.7. The summed E-state index contributed by atoms with van der Waals surface area (Å²) in [5, 5.41) is 22.2. The lowest BCUT2D eigenvalue weighted by atomic mass is 10.0. The number of hydrogen-bond donors (Lipinski definition) is 5. The Morgan fingerprint density at radius 2 is 1.49 bits per heavy atom. The molecule has 1 saturated heterocycles. The van der Waals surface area contributed by atoms with Crippen LogP contribution in [0.25, 0.3) is 17.3 Å². The summed E-state index contributed by atoms with van der Waals surface area (Å²) in [6.45, 7) is 0. The first-order chi connectivity index (χ1) is 25.6. The molecule has 5 amide bonds. The summed E-state index contributed by atoms with van der Waals surface area (Å²) < 4.78 is 0.932. The van der Waals surface area contributed by atoms with Crippen LogP contribution in [0.3, 0.4) is 0 Å². The monoisotopic (exact) mass is 724 g/mol. The van der Waals surface area contributed by atoms with Crippen molar-refractivity contribution in [3.8, 4) is 5.69 Å². The maximum atomic E-state index is 13.7. The van der Waals surface area contributed by atoms with E-state index >= 15 is 0 Å². The summed E-state index contributed by atoms with van der Waals surface area (Å²) in [6, 6.07) is 29.0. The minimum atomic E-state index is -0.956. The number of nitrogens with one attached hydrogen (secondary N) is 4. The van der Waals surface area contributed by atoms with Gasteiger partial charge in [-0.3, -0.25) is 29.9 Å². The number of aromatic nitrogens is 2. The highest BCUT2D eigenvalue weighted by Gasteiger charge is 2.36. The zero-order valence-electron chi connectivity index (χ0n) is 27.6. The van der Waals surface area contributed by atoms with Gasteiger partial charge in [-0.1, -0.05) is 78.9 Å². The second-order valence-corrected chi connectivity index (χ2v) is 12.7. The Balaban J connectivity index is 1.33. The molecule has 262 valence electrons. The van der Waals surface area contributed by atoms with Gasteiger partial charge >= 0.3 is 11.7 Å². The van der Waals surface area contributed by atoms with Crippen molar-refractivity contribution in [2.24, 2.45) is 0 Å². The molecule has 5 aromatic rings. The van der Waals surface area contributed by atoms with Crippen molar-refractivity contribution in [2.75, 3.05) is 10.2 Å². The van der Waals surface area contributed by atoms with Crippen LogP contribution in [-0.2, 0) is 9.59 Å². The third-order valence-electron chi connectivity index (χ3n) is 7.85. The average Bonchev–Trinajstić information content (AvgIpc) is 3.14. The highest BCUT2D eigenvalue weighted by atomic mass is 31.1. The second-order valence-electron chi connectivity index (χ2n) is 11.4. The molecule has 13 nitrogen and oxygen atoms in total. The maximum Gasteiger partial charge on any atom is 0.335 e. The van der Waals surface area contributed by atoms with E-state index < -0.39 is 43.3 Å². The molecule has 6 rings (SSSR count). The first kappa shape index (κ1) is 35.6. The lowest BCUT2D eigenvalue weighted by Gasteiger charge is -2.26. The van der Waals surface area contributed by atoms with Gasteiger partial charge < -0.3 is 15.4 Å². The number of nitrogens with zero attached hydrogens (tertiary/aromatic N) is 2. The van der Waals surface area contributed by atoms with Crippen LogP contribution in [0.2, 0.25) is 0 Å². The molecule has 0 bridgehead atoms. The van der Waals surface area contributed by atoms with Crippen LogP contribution in [0.15, 0.2) is 149 Å². The Hall–Kier alpha value is -7.24. The van der Waals surface area contributed by atoms with Crippen LogP contribution in [0.4, 0.5) is 16.2 Å². The van der Waals surface area contributed by atoms with E-state index in [4.69, 9.17) is 5.41 Å². The molecule has 1 aliphatic rings. The first-order valence-electron chi connectivity index (χ1n) is 15.9. The molecular formula is C39H29N6O7P. The number of H-pyrrole nitrogens is 1. The average molecular weight is 725 g/mol. The van der Waals surface area contributed by atoms with Gasteiger partial charge in [0.15, 0.2) is 0 Å². The normalized spacial score (nSPS) is 14.3. The van der Waals surface area contributed by atoms with Crippen LogP contribution in [0.5, 0.6) is 0 Å². The zero-order chi connectivity index (χ0) is 37.5. The summed E-state index contributed by atoms with van der Waals surface area (Å²) in [6.07, 6.45) is 7.05. The number of barbiturate groups is 1. The van der Waals surface area contributed by atoms with Crippen LogP contribution < -0.4 is 32.1 Å². The number of urea groups is 1. The van der Waals surface area contributed by atoms with Gasteiger partial charge in [-0.25, -0.2) is 19.1 Å². The minimum absolute atomic E-state index is 0.0950. The molecule has 53 heavy (non-hydrogen) atoms. The van der Waals surface area contributed by atoms with Gasteiger partial charge in [0.05, 0.1) is 16.9 Å². The van der Waals surface area contributed by atoms with Crippen molar-refractivity contribution in [1.82, 2.24) is 14.9 Å². The van der Waals surface area contributed by atoms with Crippen molar-refractivity contribution in [3.63, 3.8) is 0 Å². The van der Waals surface area contributed by atoms with E-state index in [1.807, 2.05) is 0 Å². The summed E-state index contributed by atoms with van der Waals surface area (Å²) in [5.41, 5.74) is 0.0941. The molecule has 1 unspecified atom stereocenters. The Morgan fingerprint density at radius 3 is 2.21 bits per heavy atom. The molecule has 0 spiro atoms. The van der Waals surface area contributed by atoms with E-state index in [1.165, 1.54) is 42.6 Å². The smallest absolute Gasteiger partial charge is 0.335 e. The number of carbonyl (C=O) groups is 4. The van der Waals surface area contributed by atoms with Gasteiger partial charge in [0.1, 0.15) is 5.57 Å². The number of amides is 5. The third-order valence-corrected chi connectivity index (χ3v) is 8.69. The molecule has 1 atom stereocenters. The van der Waals surface area contributed by atoms with Gasteiger partial charge in [-0.05, 0) is 71.1 Å². The predicted octanol–water partition coefficient (Wildman–Crippen LogP) is 4.88. The van der Waals surface area contributed by atoms with Crippen LogP contribution in [-0.4, -0.2) is 44.0 Å². The van der Waals surface area contributed by atoms with Gasteiger partial charge in [0.25, 0.3) is 23.3 Å². The molecule has 0 aliphatic carbocycles. The SMILES string of the molecule is N=C(O)Pc1cccc(N2C(=O)NC(=O)C(=CC=C(C=Cc3c[nH]c(=O)n(-c4cccc(NC(=O)c5ccccc5)c4)c3=O)c3ccccc3)C2=O)c1. The van der Waals surface area contributed by atoms with Gasteiger partial charge in [0, 0.05) is 26.0 Å². The molecular weight excluding hydrogens is 695 g/mol. The number of aliphatic hydroxyl groups excluding tert-OH is 1. The van der Waals surface area contributed by atoms with Gasteiger partial charge in [-0.2, -0.15) is 0 Å². The fraction of sp³-hybridized carbons (Fsp3) is 0. The number of imide groups is 2. The van der Waals surface area contributed by atoms with E-state index in [0.29, 0.717) is 27.7 Å². The lowest BCUT2D eigenvalue weighted by Crippen LogP contribution is -2.54. The van der Waals surface area contributed by atoms with E-state index in [2.05, 4.69) is 15.6 Å². The lowest BCUT2D eigenvalue weighted by molar-refractivity contribution is -0.122. The molecule has 1 aliphatic heterocycles. The number of hydrogen-bond acceptors (Lipinski definition) is 7. The Kier molecular flexibility index (Phi) is 10.6. The number of benzene rings is 4. The van der Waals surface area contributed by atoms with E-state index in [0.717, 1.165) is 9.47 Å². The summed E-state index contributed by atoms with van der Waals surface area (Å²) in [7, 11) is -0.393. The topological polar surface area (TPSA) is 195 Å². The fourth-order valence-corrected chi connectivity index (χ4v) is 6.03. The molecule has 1 fully saturated rings. The Bertz CT molecular complexity index is 2490. The minimum Gasteiger partial charge on any atom is -0.494 e.